The lowest BCUT2D eigenvalue weighted by Crippen LogP contribution is -2.46. The summed E-state index contributed by atoms with van der Waals surface area (Å²) in [5, 5.41) is 8.42. The standard InChI is InChI=1S/C19H23BrN6/c1-13(2)18-15(11-22-24-18)12-25-5-7-26(8-6-25)19-21-10-14-9-16(20)3-4-17(14)23-19/h3-4,9-11,13H,5-8,12H2,1-2H3,(H,22,24). The molecule has 3 heterocycles. The lowest BCUT2D eigenvalue weighted by atomic mass is 10.1. The van der Waals surface area contributed by atoms with Crippen LogP contribution in [0.25, 0.3) is 10.9 Å². The molecule has 3 aromatic rings. The van der Waals surface area contributed by atoms with E-state index in [0.717, 1.165) is 54.0 Å². The van der Waals surface area contributed by atoms with E-state index in [1.807, 2.05) is 30.6 Å². The normalized spacial score (nSPS) is 15.9. The molecular weight excluding hydrogens is 392 g/mol. The number of hydrogen-bond donors (Lipinski definition) is 1. The van der Waals surface area contributed by atoms with E-state index in [1.165, 1.54) is 11.3 Å². The number of nitrogens with zero attached hydrogens (tertiary/aromatic N) is 5. The Morgan fingerprint density at radius 3 is 2.73 bits per heavy atom. The summed E-state index contributed by atoms with van der Waals surface area (Å²) in [5.74, 6) is 1.30. The zero-order valence-corrected chi connectivity index (χ0v) is 16.7. The highest BCUT2D eigenvalue weighted by Crippen LogP contribution is 2.22. The fourth-order valence-electron chi connectivity index (χ4n) is 3.44. The molecule has 26 heavy (non-hydrogen) atoms. The molecule has 1 fully saturated rings. The summed E-state index contributed by atoms with van der Waals surface area (Å²) in [7, 11) is 0. The van der Waals surface area contributed by atoms with Gasteiger partial charge in [0.25, 0.3) is 0 Å². The van der Waals surface area contributed by atoms with Crippen molar-refractivity contribution in [1.82, 2.24) is 25.1 Å². The fourth-order valence-corrected chi connectivity index (χ4v) is 3.82. The van der Waals surface area contributed by atoms with Crippen molar-refractivity contribution >= 4 is 32.8 Å². The van der Waals surface area contributed by atoms with E-state index in [-0.39, 0.29) is 0 Å². The molecule has 1 aromatic carbocycles. The third kappa shape index (κ3) is 3.59. The average molecular weight is 415 g/mol. The van der Waals surface area contributed by atoms with Crippen LogP contribution in [0.4, 0.5) is 5.95 Å². The maximum atomic E-state index is 4.74. The number of rotatable bonds is 4. The zero-order valence-electron chi connectivity index (χ0n) is 15.1. The molecule has 0 saturated carbocycles. The second-order valence-corrected chi connectivity index (χ2v) is 8.02. The van der Waals surface area contributed by atoms with Crippen LogP contribution >= 0.6 is 15.9 Å². The third-order valence-electron chi connectivity index (χ3n) is 4.91. The van der Waals surface area contributed by atoms with Crippen LogP contribution in [0.2, 0.25) is 0 Å². The molecule has 7 heteroatoms. The van der Waals surface area contributed by atoms with Crippen LogP contribution in [-0.4, -0.2) is 51.2 Å². The van der Waals surface area contributed by atoms with Crippen LogP contribution < -0.4 is 4.90 Å². The van der Waals surface area contributed by atoms with Crippen molar-refractivity contribution in [3.8, 4) is 0 Å². The van der Waals surface area contributed by atoms with Crippen molar-refractivity contribution in [3.63, 3.8) is 0 Å². The van der Waals surface area contributed by atoms with Gasteiger partial charge in [0.1, 0.15) is 0 Å². The number of piperazine rings is 1. The van der Waals surface area contributed by atoms with Gasteiger partial charge < -0.3 is 4.90 Å². The topological polar surface area (TPSA) is 60.9 Å². The Hall–Kier alpha value is -1.99. The van der Waals surface area contributed by atoms with Gasteiger partial charge >= 0.3 is 0 Å². The number of anilines is 1. The summed E-state index contributed by atoms with van der Waals surface area (Å²) in [5.41, 5.74) is 3.54. The Bertz CT molecular complexity index is 898. The fraction of sp³-hybridized carbons (Fsp3) is 0.421. The van der Waals surface area contributed by atoms with Crippen LogP contribution in [0, 0.1) is 0 Å². The number of benzene rings is 1. The van der Waals surface area contributed by atoms with Gasteiger partial charge in [0.05, 0.1) is 11.7 Å². The van der Waals surface area contributed by atoms with Gasteiger partial charge in [-0.15, -0.1) is 0 Å². The molecule has 136 valence electrons. The van der Waals surface area contributed by atoms with Gasteiger partial charge in [0.15, 0.2) is 0 Å². The maximum absolute atomic E-state index is 4.74. The molecule has 0 radical (unpaired) electrons. The van der Waals surface area contributed by atoms with Crippen molar-refractivity contribution < 1.29 is 0 Å². The van der Waals surface area contributed by atoms with Crippen molar-refractivity contribution in [2.24, 2.45) is 0 Å². The van der Waals surface area contributed by atoms with E-state index in [1.54, 1.807) is 0 Å². The van der Waals surface area contributed by atoms with Gasteiger partial charge in [0, 0.05) is 60.0 Å². The molecular formula is C19H23BrN6. The first-order valence-electron chi connectivity index (χ1n) is 9.02. The SMILES string of the molecule is CC(C)c1[nH]ncc1CN1CCN(c2ncc3cc(Br)ccc3n2)CC1. The largest absolute Gasteiger partial charge is 0.338 e. The van der Waals surface area contributed by atoms with Crippen LogP contribution in [0.3, 0.4) is 0 Å². The molecule has 2 aromatic heterocycles. The number of nitrogens with one attached hydrogen (secondary N) is 1. The minimum absolute atomic E-state index is 0.472. The van der Waals surface area contributed by atoms with E-state index < -0.39 is 0 Å². The third-order valence-corrected chi connectivity index (χ3v) is 5.40. The number of hydrogen-bond acceptors (Lipinski definition) is 5. The summed E-state index contributed by atoms with van der Waals surface area (Å²) in [6.45, 7) is 9.24. The van der Waals surface area contributed by atoms with E-state index in [4.69, 9.17) is 4.98 Å². The molecule has 0 aliphatic carbocycles. The van der Waals surface area contributed by atoms with Gasteiger partial charge in [-0.25, -0.2) is 9.97 Å². The minimum Gasteiger partial charge on any atom is -0.338 e. The van der Waals surface area contributed by atoms with Crippen molar-refractivity contribution in [1.29, 1.82) is 0 Å². The predicted molar refractivity (Wildman–Crippen MR) is 107 cm³/mol. The van der Waals surface area contributed by atoms with Crippen molar-refractivity contribution in [3.05, 3.63) is 46.3 Å². The van der Waals surface area contributed by atoms with Crippen LogP contribution in [0.5, 0.6) is 0 Å². The molecule has 0 bridgehead atoms. The van der Waals surface area contributed by atoms with Crippen LogP contribution in [0.15, 0.2) is 35.1 Å². The van der Waals surface area contributed by atoms with Crippen molar-refractivity contribution in [2.45, 2.75) is 26.3 Å². The van der Waals surface area contributed by atoms with E-state index in [2.05, 4.69) is 54.8 Å². The molecule has 6 nitrogen and oxygen atoms in total. The molecule has 1 aliphatic heterocycles. The molecule has 1 saturated heterocycles. The van der Waals surface area contributed by atoms with E-state index in [9.17, 15) is 0 Å². The monoisotopic (exact) mass is 414 g/mol. The summed E-state index contributed by atoms with van der Waals surface area (Å²) in [4.78, 5) is 14.1. The maximum Gasteiger partial charge on any atom is 0.225 e. The highest BCUT2D eigenvalue weighted by molar-refractivity contribution is 9.10. The molecule has 1 aliphatic rings. The first-order chi connectivity index (χ1) is 12.6. The van der Waals surface area contributed by atoms with E-state index >= 15 is 0 Å². The Labute approximate surface area is 161 Å². The number of H-pyrrole nitrogens is 1. The Kier molecular flexibility index (Phi) is 4.91. The Morgan fingerprint density at radius 1 is 1.15 bits per heavy atom. The predicted octanol–water partition coefficient (Wildman–Crippen LogP) is 3.56. The van der Waals surface area contributed by atoms with Gasteiger partial charge in [-0.2, -0.15) is 5.10 Å². The van der Waals surface area contributed by atoms with Crippen LogP contribution in [-0.2, 0) is 6.54 Å². The highest BCUT2D eigenvalue weighted by atomic mass is 79.9. The zero-order chi connectivity index (χ0) is 18.1. The number of fused-ring (bicyclic) bond motifs is 1. The second-order valence-electron chi connectivity index (χ2n) is 7.10. The average Bonchev–Trinajstić information content (AvgIpc) is 3.10. The molecule has 0 unspecified atom stereocenters. The van der Waals surface area contributed by atoms with Gasteiger partial charge in [-0.1, -0.05) is 29.8 Å². The molecule has 1 N–H and O–H groups in total. The molecule has 4 rings (SSSR count). The van der Waals surface area contributed by atoms with Gasteiger partial charge in [-0.05, 0) is 24.1 Å². The van der Waals surface area contributed by atoms with Crippen molar-refractivity contribution in [2.75, 3.05) is 31.1 Å². The quantitative estimate of drug-likeness (QED) is 0.706. The number of halogens is 1. The molecule has 0 amide bonds. The lowest BCUT2D eigenvalue weighted by Gasteiger charge is -2.34. The number of aromatic amines is 1. The smallest absolute Gasteiger partial charge is 0.225 e. The molecule has 0 spiro atoms. The summed E-state index contributed by atoms with van der Waals surface area (Å²) >= 11 is 3.49. The first kappa shape index (κ1) is 17.4. The highest BCUT2D eigenvalue weighted by Gasteiger charge is 2.21. The lowest BCUT2D eigenvalue weighted by molar-refractivity contribution is 0.248. The van der Waals surface area contributed by atoms with Gasteiger partial charge in [0.2, 0.25) is 5.95 Å². The summed E-state index contributed by atoms with van der Waals surface area (Å²) in [6, 6.07) is 6.11. The second kappa shape index (κ2) is 7.32. The number of aromatic nitrogens is 4. The van der Waals surface area contributed by atoms with Crippen LogP contribution in [0.1, 0.15) is 31.0 Å². The van der Waals surface area contributed by atoms with Gasteiger partial charge in [-0.3, -0.25) is 10.00 Å². The Balaban J connectivity index is 1.42. The summed E-state index contributed by atoms with van der Waals surface area (Å²) < 4.78 is 1.05. The minimum atomic E-state index is 0.472. The summed E-state index contributed by atoms with van der Waals surface area (Å²) in [6.07, 6.45) is 3.88. The molecule has 0 atom stereocenters. The first-order valence-corrected chi connectivity index (χ1v) is 9.81. The van der Waals surface area contributed by atoms with E-state index in [0.29, 0.717) is 5.92 Å². The Morgan fingerprint density at radius 2 is 1.96 bits per heavy atom.